The lowest BCUT2D eigenvalue weighted by atomic mass is 10.2. The minimum atomic E-state index is 0.164. The molecule has 1 unspecified atom stereocenters. The highest BCUT2D eigenvalue weighted by Crippen LogP contribution is 2.15. The van der Waals surface area contributed by atoms with Crippen LogP contribution in [0.3, 0.4) is 0 Å². The van der Waals surface area contributed by atoms with E-state index in [2.05, 4.69) is 41.0 Å². The van der Waals surface area contributed by atoms with Gasteiger partial charge in [-0.25, -0.2) is 0 Å². The predicted octanol–water partition coefficient (Wildman–Crippen LogP) is 1.86. The molecule has 27 heavy (non-hydrogen) atoms. The van der Waals surface area contributed by atoms with Crippen LogP contribution in [0.4, 0.5) is 5.69 Å². The molecule has 2 aromatic rings. The molecule has 3 rings (SSSR count). The van der Waals surface area contributed by atoms with Gasteiger partial charge in [-0.3, -0.25) is 0 Å². The summed E-state index contributed by atoms with van der Waals surface area (Å²) in [4.78, 5) is 1.55. The van der Waals surface area contributed by atoms with Crippen molar-refractivity contribution in [2.45, 2.75) is 19.6 Å². The van der Waals surface area contributed by atoms with E-state index >= 15 is 0 Å². The second kappa shape index (κ2) is 10.3. The summed E-state index contributed by atoms with van der Waals surface area (Å²) in [6.07, 6.45) is 0.164. The van der Waals surface area contributed by atoms with E-state index in [-0.39, 0.29) is 6.10 Å². The third-order valence-electron chi connectivity index (χ3n) is 4.54. The van der Waals surface area contributed by atoms with Crippen molar-refractivity contribution in [3.63, 3.8) is 0 Å². The van der Waals surface area contributed by atoms with Gasteiger partial charge in [-0.1, -0.05) is 30.3 Å². The molecule has 1 fully saturated rings. The van der Waals surface area contributed by atoms with E-state index in [1.54, 1.807) is 4.90 Å². The van der Waals surface area contributed by atoms with E-state index in [1.807, 2.05) is 31.2 Å². The lowest BCUT2D eigenvalue weighted by Crippen LogP contribution is -3.13. The number of morpholine rings is 1. The summed E-state index contributed by atoms with van der Waals surface area (Å²) in [5.74, 6) is 0.860. The summed E-state index contributed by atoms with van der Waals surface area (Å²) >= 11 is 5.41. The molecule has 0 aliphatic carbocycles. The van der Waals surface area contributed by atoms with Gasteiger partial charge in [-0.2, -0.15) is 0 Å². The number of hydrogen-bond acceptors (Lipinski definition) is 3. The van der Waals surface area contributed by atoms with Crippen molar-refractivity contribution in [2.75, 3.05) is 38.2 Å². The first-order valence-corrected chi connectivity index (χ1v) is 9.90. The average molecular weight is 387 g/mol. The van der Waals surface area contributed by atoms with Crippen LogP contribution in [0.1, 0.15) is 12.5 Å². The van der Waals surface area contributed by atoms with Crippen LogP contribution in [0.5, 0.6) is 5.75 Å². The SMILES string of the molecule is CCOc1ccc(NC(=S)NC[C@@H]2C[NH+](Cc3ccccc3)CCO2)cc1. The second-order valence-corrected chi connectivity index (χ2v) is 7.06. The lowest BCUT2D eigenvalue weighted by Gasteiger charge is -2.30. The van der Waals surface area contributed by atoms with Crippen molar-refractivity contribution >= 4 is 23.0 Å². The fourth-order valence-electron chi connectivity index (χ4n) is 3.21. The van der Waals surface area contributed by atoms with Gasteiger partial charge >= 0.3 is 0 Å². The van der Waals surface area contributed by atoms with Crippen LogP contribution in [0, 0.1) is 0 Å². The zero-order chi connectivity index (χ0) is 18.9. The maximum atomic E-state index is 5.90. The van der Waals surface area contributed by atoms with Gasteiger partial charge < -0.3 is 25.0 Å². The molecule has 2 aromatic carbocycles. The second-order valence-electron chi connectivity index (χ2n) is 6.65. The van der Waals surface area contributed by atoms with E-state index < -0.39 is 0 Å². The third kappa shape index (κ3) is 6.50. The molecule has 6 heteroatoms. The highest BCUT2D eigenvalue weighted by Gasteiger charge is 2.23. The first kappa shape index (κ1) is 19.6. The Morgan fingerprint density at radius 3 is 2.70 bits per heavy atom. The molecule has 1 aliphatic rings. The minimum absolute atomic E-state index is 0.164. The molecular formula is C21H28N3O2S+. The normalized spacial score (nSPS) is 19.3. The van der Waals surface area contributed by atoms with Crippen LogP contribution in [-0.4, -0.2) is 44.1 Å². The fraction of sp³-hybridized carbons (Fsp3) is 0.381. The lowest BCUT2D eigenvalue weighted by molar-refractivity contribution is -0.925. The fourth-order valence-corrected chi connectivity index (χ4v) is 3.41. The molecule has 5 nitrogen and oxygen atoms in total. The van der Waals surface area contributed by atoms with Crippen LogP contribution < -0.4 is 20.3 Å². The minimum Gasteiger partial charge on any atom is -0.494 e. The molecule has 2 atom stereocenters. The van der Waals surface area contributed by atoms with Crippen LogP contribution in [-0.2, 0) is 11.3 Å². The Morgan fingerprint density at radius 1 is 1.19 bits per heavy atom. The monoisotopic (exact) mass is 386 g/mol. The summed E-state index contributed by atoms with van der Waals surface area (Å²) in [7, 11) is 0. The number of thiocarbonyl (C=S) groups is 1. The van der Waals surface area contributed by atoms with E-state index in [4.69, 9.17) is 21.7 Å². The zero-order valence-electron chi connectivity index (χ0n) is 15.7. The van der Waals surface area contributed by atoms with Gasteiger partial charge in [-0.15, -0.1) is 0 Å². The molecule has 1 saturated heterocycles. The summed E-state index contributed by atoms with van der Waals surface area (Å²) in [5, 5.41) is 7.09. The van der Waals surface area contributed by atoms with Gasteiger partial charge in [0.25, 0.3) is 0 Å². The van der Waals surface area contributed by atoms with Crippen molar-refractivity contribution < 1.29 is 14.4 Å². The Bertz CT molecular complexity index is 709. The van der Waals surface area contributed by atoms with Crippen molar-refractivity contribution in [2.24, 2.45) is 0 Å². The van der Waals surface area contributed by atoms with Gasteiger partial charge in [0.1, 0.15) is 31.5 Å². The Hall–Kier alpha value is -2.15. The Labute approximate surface area is 166 Å². The van der Waals surface area contributed by atoms with Crippen molar-refractivity contribution in [3.8, 4) is 5.75 Å². The topological polar surface area (TPSA) is 47.0 Å². The molecule has 1 aliphatic heterocycles. The van der Waals surface area contributed by atoms with Crippen LogP contribution in [0.2, 0.25) is 0 Å². The standard InChI is InChI=1S/C21H27N3O2S/c1-2-25-19-10-8-18(9-11-19)23-21(27)22-14-20-16-24(12-13-26-20)15-17-6-4-3-5-7-17/h3-11,20H,2,12-16H2,1H3,(H2,22,23,27)/p+1/t20-/m1/s1. The van der Waals surface area contributed by atoms with E-state index in [0.29, 0.717) is 18.3 Å². The van der Waals surface area contributed by atoms with Crippen LogP contribution in [0.25, 0.3) is 0 Å². The first-order chi connectivity index (χ1) is 13.2. The van der Waals surface area contributed by atoms with E-state index in [1.165, 1.54) is 5.56 Å². The van der Waals surface area contributed by atoms with Crippen molar-refractivity contribution in [1.29, 1.82) is 0 Å². The van der Waals surface area contributed by atoms with Crippen molar-refractivity contribution in [1.82, 2.24) is 5.32 Å². The van der Waals surface area contributed by atoms with Crippen LogP contribution >= 0.6 is 12.2 Å². The van der Waals surface area contributed by atoms with Crippen LogP contribution in [0.15, 0.2) is 54.6 Å². The van der Waals surface area contributed by atoms with Gasteiger partial charge in [0, 0.05) is 17.8 Å². The van der Waals surface area contributed by atoms with Crippen molar-refractivity contribution in [3.05, 3.63) is 60.2 Å². The van der Waals surface area contributed by atoms with E-state index in [9.17, 15) is 0 Å². The average Bonchev–Trinajstić information content (AvgIpc) is 2.69. The molecule has 0 radical (unpaired) electrons. The molecular weight excluding hydrogens is 358 g/mol. The highest BCUT2D eigenvalue weighted by molar-refractivity contribution is 7.80. The first-order valence-electron chi connectivity index (χ1n) is 9.49. The van der Waals surface area contributed by atoms with Gasteiger partial charge in [0.05, 0.1) is 13.2 Å². The Kier molecular flexibility index (Phi) is 7.45. The number of rotatable bonds is 7. The smallest absolute Gasteiger partial charge is 0.170 e. The Balaban J connectivity index is 1.41. The largest absolute Gasteiger partial charge is 0.494 e. The number of quaternary nitrogens is 1. The highest BCUT2D eigenvalue weighted by atomic mass is 32.1. The summed E-state index contributed by atoms with van der Waals surface area (Å²) in [6.45, 7) is 7.19. The maximum absolute atomic E-state index is 5.90. The molecule has 0 aromatic heterocycles. The van der Waals surface area contributed by atoms with E-state index in [0.717, 1.165) is 37.7 Å². The number of benzene rings is 2. The molecule has 1 heterocycles. The number of anilines is 1. The molecule has 0 bridgehead atoms. The quantitative estimate of drug-likeness (QED) is 0.634. The van der Waals surface area contributed by atoms with Gasteiger partial charge in [0.15, 0.2) is 5.11 Å². The molecule has 0 saturated carbocycles. The molecule has 144 valence electrons. The molecule has 0 spiro atoms. The Morgan fingerprint density at radius 2 is 1.96 bits per heavy atom. The summed E-state index contributed by atoms with van der Waals surface area (Å²) in [6, 6.07) is 18.4. The maximum Gasteiger partial charge on any atom is 0.170 e. The van der Waals surface area contributed by atoms with Gasteiger partial charge in [0.2, 0.25) is 0 Å². The number of hydrogen-bond donors (Lipinski definition) is 3. The third-order valence-corrected chi connectivity index (χ3v) is 4.78. The molecule has 0 amide bonds. The number of ether oxygens (including phenoxy) is 2. The predicted molar refractivity (Wildman–Crippen MR) is 112 cm³/mol. The zero-order valence-corrected chi connectivity index (χ0v) is 16.6. The number of nitrogens with one attached hydrogen (secondary N) is 3. The summed E-state index contributed by atoms with van der Waals surface area (Å²) in [5.41, 5.74) is 2.31. The summed E-state index contributed by atoms with van der Waals surface area (Å²) < 4.78 is 11.4. The van der Waals surface area contributed by atoms with Gasteiger partial charge in [-0.05, 0) is 43.4 Å². The molecule has 3 N–H and O–H groups in total.